The number of halogens is 1. The predicted octanol–water partition coefficient (Wildman–Crippen LogP) is 1.58. The van der Waals surface area contributed by atoms with Crippen molar-refractivity contribution in [2.75, 3.05) is 20.1 Å². The highest BCUT2D eigenvalue weighted by Gasteiger charge is 2.21. The molecule has 0 aliphatic carbocycles. The lowest BCUT2D eigenvalue weighted by molar-refractivity contribution is -0.131. The van der Waals surface area contributed by atoms with Gasteiger partial charge in [0.15, 0.2) is 0 Å². The Bertz CT molecular complexity index is 399. The summed E-state index contributed by atoms with van der Waals surface area (Å²) in [4.78, 5) is 13.9. The van der Waals surface area contributed by atoms with Crippen LogP contribution in [0.4, 0.5) is 4.39 Å². The van der Waals surface area contributed by atoms with Crippen molar-refractivity contribution < 1.29 is 9.18 Å². The number of amides is 1. The van der Waals surface area contributed by atoms with Crippen LogP contribution in [0, 0.1) is 5.82 Å². The van der Waals surface area contributed by atoms with E-state index < -0.39 is 0 Å². The number of likely N-dealkylation sites (N-methyl/N-ethyl adjacent to an activating group) is 1. The molecule has 98 valence electrons. The molecule has 1 aromatic rings. The van der Waals surface area contributed by atoms with E-state index in [9.17, 15) is 9.18 Å². The molecule has 0 bridgehead atoms. The van der Waals surface area contributed by atoms with Gasteiger partial charge in [0.2, 0.25) is 5.91 Å². The molecule has 0 radical (unpaired) electrons. The van der Waals surface area contributed by atoms with Gasteiger partial charge in [0.1, 0.15) is 5.82 Å². The van der Waals surface area contributed by atoms with Crippen molar-refractivity contribution >= 4 is 5.91 Å². The number of piperidine rings is 1. The van der Waals surface area contributed by atoms with Crippen molar-refractivity contribution in [3.05, 3.63) is 35.6 Å². The molecule has 0 aromatic heterocycles. The maximum absolute atomic E-state index is 12.8. The normalized spacial score (nSPS) is 16.6. The van der Waals surface area contributed by atoms with Gasteiger partial charge in [-0.2, -0.15) is 0 Å². The lowest BCUT2D eigenvalue weighted by Gasteiger charge is -2.31. The Labute approximate surface area is 107 Å². The maximum Gasteiger partial charge on any atom is 0.226 e. The maximum atomic E-state index is 12.8. The van der Waals surface area contributed by atoms with Crippen LogP contribution >= 0.6 is 0 Å². The molecular weight excluding hydrogens is 231 g/mol. The van der Waals surface area contributed by atoms with Crippen molar-refractivity contribution in [2.24, 2.45) is 0 Å². The molecule has 1 fully saturated rings. The number of hydrogen-bond donors (Lipinski definition) is 1. The minimum atomic E-state index is -0.266. The molecule has 0 spiro atoms. The van der Waals surface area contributed by atoms with Gasteiger partial charge < -0.3 is 10.2 Å². The van der Waals surface area contributed by atoms with E-state index in [4.69, 9.17) is 0 Å². The van der Waals surface area contributed by atoms with Crippen LogP contribution in [0.2, 0.25) is 0 Å². The average Bonchev–Trinajstić information content (AvgIpc) is 2.41. The van der Waals surface area contributed by atoms with Crippen LogP contribution < -0.4 is 5.32 Å². The van der Waals surface area contributed by atoms with Gasteiger partial charge >= 0.3 is 0 Å². The van der Waals surface area contributed by atoms with Gasteiger partial charge in [0.25, 0.3) is 0 Å². The number of benzene rings is 1. The number of carbonyl (C=O) groups excluding carboxylic acids is 1. The van der Waals surface area contributed by atoms with Gasteiger partial charge in [0.05, 0.1) is 6.42 Å². The standard InChI is InChI=1S/C14H19FN2O/c1-17(13-6-8-16-9-7-13)14(18)10-11-2-4-12(15)5-3-11/h2-5,13,16H,6-10H2,1H3. The zero-order valence-corrected chi connectivity index (χ0v) is 10.7. The van der Waals surface area contributed by atoms with Crippen molar-refractivity contribution in [3.8, 4) is 0 Å². The minimum absolute atomic E-state index is 0.105. The SMILES string of the molecule is CN(C(=O)Cc1ccc(F)cc1)C1CCNCC1. The molecule has 1 N–H and O–H groups in total. The highest BCUT2D eigenvalue weighted by molar-refractivity contribution is 5.78. The van der Waals surface area contributed by atoms with Gasteiger partial charge in [-0.3, -0.25) is 4.79 Å². The first-order valence-corrected chi connectivity index (χ1v) is 6.37. The van der Waals surface area contributed by atoms with Crippen molar-refractivity contribution in [1.82, 2.24) is 10.2 Å². The van der Waals surface area contributed by atoms with Crippen LogP contribution in [-0.2, 0) is 11.2 Å². The summed E-state index contributed by atoms with van der Waals surface area (Å²) in [5, 5.41) is 3.28. The highest BCUT2D eigenvalue weighted by atomic mass is 19.1. The third kappa shape index (κ3) is 3.29. The molecule has 1 aromatic carbocycles. The second-order valence-electron chi connectivity index (χ2n) is 4.79. The van der Waals surface area contributed by atoms with Crippen molar-refractivity contribution in [1.29, 1.82) is 0 Å². The van der Waals surface area contributed by atoms with Crippen molar-refractivity contribution in [2.45, 2.75) is 25.3 Å². The summed E-state index contributed by atoms with van der Waals surface area (Å²) in [7, 11) is 1.86. The van der Waals surface area contributed by atoms with E-state index in [1.54, 1.807) is 12.1 Å². The third-order valence-electron chi connectivity index (χ3n) is 3.52. The first-order chi connectivity index (χ1) is 8.66. The molecule has 1 aliphatic heterocycles. The zero-order chi connectivity index (χ0) is 13.0. The third-order valence-corrected chi connectivity index (χ3v) is 3.52. The topological polar surface area (TPSA) is 32.3 Å². The van der Waals surface area contributed by atoms with E-state index in [1.165, 1.54) is 12.1 Å². The highest BCUT2D eigenvalue weighted by Crippen LogP contribution is 2.12. The smallest absolute Gasteiger partial charge is 0.226 e. The summed E-state index contributed by atoms with van der Waals surface area (Å²) < 4.78 is 12.8. The minimum Gasteiger partial charge on any atom is -0.342 e. The number of nitrogens with zero attached hydrogens (tertiary/aromatic N) is 1. The second-order valence-corrected chi connectivity index (χ2v) is 4.79. The molecule has 1 heterocycles. The Hall–Kier alpha value is -1.42. The summed E-state index contributed by atoms with van der Waals surface area (Å²) in [5.41, 5.74) is 0.863. The fourth-order valence-corrected chi connectivity index (χ4v) is 2.30. The zero-order valence-electron chi connectivity index (χ0n) is 10.7. The van der Waals surface area contributed by atoms with Crippen LogP contribution in [0.25, 0.3) is 0 Å². The van der Waals surface area contributed by atoms with E-state index in [0.29, 0.717) is 12.5 Å². The number of nitrogens with one attached hydrogen (secondary N) is 1. The monoisotopic (exact) mass is 250 g/mol. The summed E-state index contributed by atoms with van der Waals surface area (Å²) in [5.74, 6) is -0.161. The summed E-state index contributed by atoms with van der Waals surface area (Å²) in [6, 6.07) is 6.46. The quantitative estimate of drug-likeness (QED) is 0.883. The first kappa shape index (κ1) is 13.0. The predicted molar refractivity (Wildman–Crippen MR) is 68.8 cm³/mol. The van der Waals surface area contributed by atoms with Crippen molar-refractivity contribution in [3.63, 3.8) is 0 Å². The Morgan fingerprint density at radius 3 is 2.56 bits per heavy atom. The van der Waals surface area contributed by atoms with E-state index in [0.717, 1.165) is 31.5 Å². The summed E-state index contributed by atoms with van der Waals surface area (Å²) in [6.07, 6.45) is 2.36. The molecule has 18 heavy (non-hydrogen) atoms. The van der Waals surface area contributed by atoms with Crippen LogP contribution in [-0.4, -0.2) is 37.0 Å². The lowest BCUT2D eigenvalue weighted by Crippen LogP contribution is -2.44. The lowest BCUT2D eigenvalue weighted by atomic mass is 10.0. The molecule has 1 amide bonds. The molecule has 2 rings (SSSR count). The molecule has 1 aliphatic rings. The van der Waals surface area contributed by atoms with Crippen LogP contribution in [0.15, 0.2) is 24.3 Å². The van der Waals surface area contributed by atoms with Gasteiger partial charge in [-0.1, -0.05) is 12.1 Å². The molecule has 0 saturated carbocycles. The largest absolute Gasteiger partial charge is 0.342 e. The Morgan fingerprint density at radius 1 is 1.33 bits per heavy atom. The summed E-state index contributed by atoms with van der Waals surface area (Å²) >= 11 is 0. The Balaban J connectivity index is 1.92. The van der Waals surface area contributed by atoms with E-state index in [-0.39, 0.29) is 11.7 Å². The molecule has 3 nitrogen and oxygen atoms in total. The van der Waals surface area contributed by atoms with Gasteiger partial charge in [-0.15, -0.1) is 0 Å². The van der Waals surface area contributed by atoms with Gasteiger partial charge in [0, 0.05) is 13.1 Å². The van der Waals surface area contributed by atoms with Gasteiger partial charge in [-0.05, 0) is 43.6 Å². The summed E-state index contributed by atoms with van der Waals surface area (Å²) in [6.45, 7) is 1.94. The van der Waals surface area contributed by atoms with E-state index in [2.05, 4.69) is 5.32 Å². The first-order valence-electron chi connectivity index (χ1n) is 6.37. The molecule has 1 saturated heterocycles. The van der Waals surface area contributed by atoms with E-state index >= 15 is 0 Å². The fourth-order valence-electron chi connectivity index (χ4n) is 2.30. The average molecular weight is 250 g/mol. The van der Waals surface area contributed by atoms with E-state index in [1.807, 2.05) is 11.9 Å². The fraction of sp³-hybridized carbons (Fsp3) is 0.500. The van der Waals surface area contributed by atoms with Crippen LogP contribution in [0.3, 0.4) is 0 Å². The Morgan fingerprint density at radius 2 is 1.94 bits per heavy atom. The number of carbonyl (C=O) groups is 1. The Kier molecular flexibility index (Phi) is 4.31. The number of rotatable bonds is 3. The second kappa shape index (κ2) is 5.96. The molecule has 0 unspecified atom stereocenters. The molecular formula is C14H19FN2O. The van der Waals surface area contributed by atoms with Gasteiger partial charge in [-0.25, -0.2) is 4.39 Å². The number of hydrogen-bond acceptors (Lipinski definition) is 2. The van der Waals surface area contributed by atoms with Crippen LogP contribution in [0.1, 0.15) is 18.4 Å². The molecule has 0 atom stereocenters. The van der Waals surface area contributed by atoms with Crippen LogP contribution in [0.5, 0.6) is 0 Å². The molecule has 4 heteroatoms.